The Morgan fingerprint density at radius 3 is 2.10 bits per heavy atom. The molecule has 0 radical (unpaired) electrons. The smallest absolute Gasteiger partial charge is 0.374 e. The molecule has 1 rings (SSSR count). The van der Waals surface area contributed by atoms with Crippen molar-refractivity contribution in [1.82, 2.24) is 0 Å². The van der Waals surface area contributed by atoms with Gasteiger partial charge in [-0.1, -0.05) is 12.2 Å². The van der Waals surface area contributed by atoms with Gasteiger partial charge in [0.15, 0.2) is 0 Å². The molecule has 0 aromatic carbocycles. The molecule has 1 heterocycles. The molecule has 15 heteroatoms. The minimum Gasteiger partial charge on any atom is -0.374 e. The van der Waals surface area contributed by atoms with E-state index in [4.69, 9.17) is 24.3 Å². The molecule has 0 saturated carbocycles. The summed E-state index contributed by atoms with van der Waals surface area (Å²) in [6, 6.07) is -0.218. The predicted octanol–water partition coefficient (Wildman–Crippen LogP) is -0.756. The van der Waals surface area contributed by atoms with Crippen molar-refractivity contribution in [1.29, 1.82) is 0 Å². The Morgan fingerprint density at radius 1 is 1.05 bits per heavy atom. The summed E-state index contributed by atoms with van der Waals surface area (Å²) < 4.78 is 49.3. The Morgan fingerprint density at radius 2 is 1.65 bits per heavy atom. The molecule has 20 heavy (non-hydrogen) atoms. The molecule has 0 fully saturated rings. The average molecular weight is 352 g/mol. The lowest BCUT2D eigenvalue weighted by molar-refractivity contribution is 0.0536. The van der Waals surface area contributed by atoms with E-state index in [0.29, 0.717) is 0 Å². The summed E-state index contributed by atoms with van der Waals surface area (Å²) >= 11 is 0. The number of hydrogen-bond acceptors (Lipinski definition) is 7. The van der Waals surface area contributed by atoms with Crippen LogP contribution in [-0.4, -0.2) is 46.1 Å². The number of hydrogen-bond donors (Lipinski definition) is 4. The number of rotatable bonds is 7. The normalized spacial score (nSPS) is 29.0. The van der Waals surface area contributed by atoms with Gasteiger partial charge in [0, 0.05) is 6.00 Å². The van der Waals surface area contributed by atoms with Gasteiger partial charge in [0.05, 0.1) is 12.7 Å². The maximum absolute atomic E-state index is 11.3. The Bertz CT molecular complexity index is 512. The SMILES string of the molecule is BC1C=CC(COP(=O)(O)OP(=O)(O)OP(=O)(O)O)O1. The van der Waals surface area contributed by atoms with Crippen molar-refractivity contribution in [3.63, 3.8) is 0 Å². The van der Waals surface area contributed by atoms with Crippen molar-refractivity contribution in [2.24, 2.45) is 0 Å². The monoisotopic (exact) mass is 352 g/mol. The maximum atomic E-state index is 11.3. The summed E-state index contributed by atoms with van der Waals surface area (Å²) in [4.78, 5) is 34.7. The van der Waals surface area contributed by atoms with Gasteiger partial charge in [0.1, 0.15) is 7.85 Å². The highest BCUT2D eigenvalue weighted by Crippen LogP contribution is 2.66. The first-order valence-electron chi connectivity index (χ1n) is 5.01. The zero-order chi connectivity index (χ0) is 15.6. The number of ether oxygens (including phenoxy) is 1. The Hall–Kier alpha value is 0.175. The van der Waals surface area contributed by atoms with Gasteiger partial charge in [-0.25, -0.2) is 13.7 Å². The van der Waals surface area contributed by atoms with Gasteiger partial charge >= 0.3 is 23.5 Å². The fourth-order valence-electron chi connectivity index (χ4n) is 1.21. The zero-order valence-electron chi connectivity index (χ0n) is 10.0. The summed E-state index contributed by atoms with van der Waals surface area (Å²) in [6.07, 6.45) is 2.54. The molecular formula is C5H12BO11P3. The molecule has 0 bridgehead atoms. The molecule has 0 spiro atoms. The van der Waals surface area contributed by atoms with Gasteiger partial charge in [-0.2, -0.15) is 8.62 Å². The Balaban J connectivity index is 2.52. The summed E-state index contributed by atoms with van der Waals surface area (Å²) in [5.41, 5.74) is 0. The fraction of sp³-hybridized carbons (Fsp3) is 0.600. The van der Waals surface area contributed by atoms with Gasteiger partial charge in [0.2, 0.25) is 0 Å². The molecule has 4 atom stereocenters. The molecule has 116 valence electrons. The topological polar surface area (TPSA) is 169 Å². The van der Waals surface area contributed by atoms with E-state index in [2.05, 4.69) is 13.1 Å². The Labute approximate surface area is 114 Å². The highest BCUT2D eigenvalue weighted by molar-refractivity contribution is 7.66. The molecule has 0 aromatic rings. The van der Waals surface area contributed by atoms with Gasteiger partial charge in [-0.15, -0.1) is 0 Å². The van der Waals surface area contributed by atoms with Crippen LogP contribution in [0.1, 0.15) is 0 Å². The maximum Gasteiger partial charge on any atom is 0.490 e. The van der Waals surface area contributed by atoms with E-state index in [9.17, 15) is 13.7 Å². The first-order valence-corrected chi connectivity index (χ1v) is 9.53. The van der Waals surface area contributed by atoms with E-state index < -0.39 is 36.2 Å². The lowest BCUT2D eigenvalue weighted by atomic mass is 10.0. The third kappa shape index (κ3) is 7.26. The van der Waals surface area contributed by atoms with Gasteiger partial charge in [-0.05, 0) is 0 Å². The highest BCUT2D eigenvalue weighted by atomic mass is 31.3. The van der Waals surface area contributed by atoms with Crippen molar-refractivity contribution in [2.45, 2.75) is 12.1 Å². The minimum atomic E-state index is -5.47. The summed E-state index contributed by atoms with van der Waals surface area (Å²) in [5, 5.41) is 0. The van der Waals surface area contributed by atoms with Crippen LogP contribution in [0.4, 0.5) is 0 Å². The van der Waals surface area contributed by atoms with E-state index in [-0.39, 0.29) is 6.00 Å². The molecule has 11 nitrogen and oxygen atoms in total. The van der Waals surface area contributed by atoms with Crippen LogP contribution in [0, 0.1) is 0 Å². The average Bonchev–Trinajstić information content (AvgIpc) is 2.55. The van der Waals surface area contributed by atoms with Crippen LogP contribution < -0.4 is 0 Å². The van der Waals surface area contributed by atoms with Crippen LogP contribution >= 0.6 is 23.5 Å². The minimum absolute atomic E-state index is 0.218. The van der Waals surface area contributed by atoms with E-state index in [0.717, 1.165) is 0 Å². The first-order chi connectivity index (χ1) is 8.89. The molecule has 0 saturated heterocycles. The molecule has 4 N–H and O–H groups in total. The second-order valence-corrected chi connectivity index (χ2v) is 8.07. The molecule has 0 amide bonds. The summed E-state index contributed by atoms with van der Waals surface area (Å²) in [7, 11) is -14.2. The number of phosphoric acid groups is 3. The third-order valence-corrected chi connectivity index (χ3v) is 5.61. The number of phosphoric ester groups is 1. The molecule has 0 aliphatic carbocycles. The molecule has 1 aliphatic rings. The van der Waals surface area contributed by atoms with Crippen molar-refractivity contribution >= 4 is 31.3 Å². The van der Waals surface area contributed by atoms with Gasteiger partial charge in [0.25, 0.3) is 0 Å². The predicted molar refractivity (Wildman–Crippen MR) is 66.2 cm³/mol. The second kappa shape index (κ2) is 6.52. The molecule has 4 unspecified atom stereocenters. The van der Waals surface area contributed by atoms with Crippen LogP contribution in [0.15, 0.2) is 12.2 Å². The van der Waals surface area contributed by atoms with Crippen LogP contribution in [0.3, 0.4) is 0 Å². The van der Waals surface area contributed by atoms with Crippen LogP contribution in [0.5, 0.6) is 0 Å². The first kappa shape index (κ1) is 18.2. The quantitative estimate of drug-likeness (QED) is 0.258. The van der Waals surface area contributed by atoms with Crippen molar-refractivity contribution in [2.75, 3.05) is 6.61 Å². The largest absolute Gasteiger partial charge is 0.490 e. The van der Waals surface area contributed by atoms with Gasteiger partial charge in [-0.3, -0.25) is 4.52 Å². The van der Waals surface area contributed by atoms with Gasteiger partial charge < -0.3 is 24.3 Å². The second-order valence-electron chi connectivity index (χ2n) is 3.65. The van der Waals surface area contributed by atoms with Crippen LogP contribution in [0.2, 0.25) is 0 Å². The third-order valence-electron chi connectivity index (χ3n) is 1.80. The van der Waals surface area contributed by atoms with E-state index in [1.807, 2.05) is 0 Å². The van der Waals surface area contributed by atoms with E-state index in [1.54, 1.807) is 13.9 Å². The van der Waals surface area contributed by atoms with Crippen molar-refractivity contribution in [3.05, 3.63) is 12.2 Å². The highest BCUT2D eigenvalue weighted by Gasteiger charge is 2.41. The van der Waals surface area contributed by atoms with E-state index >= 15 is 0 Å². The summed E-state index contributed by atoms with van der Waals surface area (Å²) in [5.74, 6) is 0. The molecule has 0 aromatic heterocycles. The lowest BCUT2D eigenvalue weighted by Crippen LogP contribution is -2.17. The van der Waals surface area contributed by atoms with Crippen LogP contribution in [-0.2, 0) is 31.6 Å². The summed E-state index contributed by atoms with van der Waals surface area (Å²) in [6.45, 7) is -0.468. The van der Waals surface area contributed by atoms with Crippen LogP contribution in [0.25, 0.3) is 0 Å². The zero-order valence-corrected chi connectivity index (χ0v) is 12.7. The van der Waals surface area contributed by atoms with Crippen molar-refractivity contribution < 1.29 is 51.2 Å². The standard InChI is InChI=1S/C5H12BO11P3/c6-5-2-1-4(15-5)3-14-19(10,11)17-20(12,13)16-18(7,8)9/h1-2,4-5H,3,6H2,(H,10,11)(H,12,13)(H2,7,8,9). The fourth-order valence-corrected chi connectivity index (χ4v) is 4.24. The lowest BCUT2D eigenvalue weighted by Gasteiger charge is -2.17. The molecule has 1 aliphatic heterocycles. The van der Waals surface area contributed by atoms with E-state index in [1.165, 1.54) is 6.08 Å². The Kier molecular flexibility index (Phi) is 5.94. The van der Waals surface area contributed by atoms with Crippen molar-refractivity contribution in [3.8, 4) is 0 Å². The molecular weight excluding hydrogens is 340 g/mol.